The Morgan fingerprint density at radius 1 is 1.40 bits per heavy atom. The zero-order chi connectivity index (χ0) is 18.1. The minimum atomic E-state index is -0.523. The zero-order valence-corrected chi connectivity index (χ0v) is 14.8. The molecule has 1 aliphatic heterocycles. The SMILES string of the molecule is Cc1ccc(NC(=O)N2Cc3sc(C(=O)CO)cc3C(C)C2)c(F)c1. The Labute approximate surface area is 149 Å². The van der Waals surface area contributed by atoms with E-state index in [9.17, 15) is 14.0 Å². The van der Waals surface area contributed by atoms with Crippen LogP contribution in [0.15, 0.2) is 24.3 Å². The molecule has 2 heterocycles. The smallest absolute Gasteiger partial charge is 0.322 e. The second kappa shape index (κ2) is 6.93. The van der Waals surface area contributed by atoms with Gasteiger partial charge in [0.1, 0.15) is 12.4 Å². The van der Waals surface area contributed by atoms with E-state index >= 15 is 0 Å². The third kappa shape index (κ3) is 3.57. The van der Waals surface area contributed by atoms with Crippen molar-refractivity contribution < 1.29 is 19.1 Å². The van der Waals surface area contributed by atoms with Crippen molar-refractivity contribution in [2.45, 2.75) is 26.3 Å². The molecular formula is C18H19FN2O3S. The molecule has 5 nitrogen and oxygen atoms in total. The number of aryl methyl sites for hydroxylation is 1. The molecule has 132 valence electrons. The first-order valence-electron chi connectivity index (χ1n) is 7.97. The summed E-state index contributed by atoms with van der Waals surface area (Å²) >= 11 is 1.30. The van der Waals surface area contributed by atoms with Crippen molar-refractivity contribution in [1.29, 1.82) is 0 Å². The molecule has 2 N–H and O–H groups in total. The molecule has 1 aromatic carbocycles. The largest absolute Gasteiger partial charge is 0.388 e. The van der Waals surface area contributed by atoms with Crippen molar-refractivity contribution in [2.24, 2.45) is 0 Å². The third-order valence-electron chi connectivity index (χ3n) is 4.27. The summed E-state index contributed by atoms with van der Waals surface area (Å²) in [5.41, 5.74) is 1.97. The number of halogens is 1. The van der Waals surface area contributed by atoms with Gasteiger partial charge in [0.05, 0.1) is 17.1 Å². The number of rotatable bonds is 3. The van der Waals surface area contributed by atoms with E-state index in [1.807, 2.05) is 6.92 Å². The van der Waals surface area contributed by atoms with Crippen LogP contribution in [-0.4, -0.2) is 35.0 Å². The molecule has 0 saturated carbocycles. The highest BCUT2D eigenvalue weighted by atomic mass is 32.1. The van der Waals surface area contributed by atoms with Gasteiger partial charge >= 0.3 is 6.03 Å². The minimum absolute atomic E-state index is 0.0638. The number of benzene rings is 1. The Bertz CT molecular complexity index is 834. The standard InChI is InChI=1S/C18H19FN2O3S/c1-10-3-4-14(13(19)5-10)20-18(24)21-7-11(2)12-6-16(15(23)9-22)25-17(12)8-21/h3-6,11,22H,7-9H2,1-2H3,(H,20,24). The van der Waals surface area contributed by atoms with Gasteiger partial charge in [0.25, 0.3) is 0 Å². The quantitative estimate of drug-likeness (QED) is 0.821. The van der Waals surface area contributed by atoms with Crippen molar-refractivity contribution in [3.05, 3.63) is 51.0 Å². The Morgan fingerprint density at radius 3 is 2.84 bits per heavy atom. The summed E-state index contributed by atoms with van der Waals surface area (Å²) in [4.78, 5) is 27.2. The molecular weight excluding hydrogens is 343 g/mol. The second-order valence-corrected chi connectivity index (χ2v) is 7.40. The molecule has 1 aromatic heterocycles. The molecule has 0 bridgehead atoms. The molecule has 1 atom stereocenters. The van der Waals surface area contributed by atoms with Gasteiger partial charge in [0.15, 0.2) is 5.78 Å². The van der Waals surface area contributed by atoms with E-state index in [2.05, 4.69) is 5.32 Å². The van der Waals surface area contributed by atoms with Crippen LogP contribution >= 0.6 is 11.3 Å². The summed E-state index contributed by atoms with van der Waals surface area (Å²) < 4.78 is 13.9. The number of carbonyl (C=O) groups is 2. The highest BCUT2D eigenvalue weighted by molar-refractivity contribution is 7.14. The molecule has 0 aliphatic carbocycles. The van der Waals surface area contributed by atoms with Crippen molar-refractivity contribution in [1.82, 2.24) is 4.90 Å². The molecule has 0 saturated heterocycles. The molecule has 25 heavy (non-hydrogen) atoms. The predicted octanol–water partition coefficient (Wildman–Crippen LogP) is 3.52. The Morgan fingerprint density at radius 2 is 2.16 bits per heavy atom. The number of hydrogen-bond donors (Lipinski definition) is 2. The first kappa shape index (κ1) is 17.6. The van der Waals surface area contributed by atoms with Crippen molar-refractivity contribution >= 4 is 28.8 Å². The molecule has 0 fully saturated rings. The maximum atomic E-state index is 13.9. The number of nitrogens with zero attached hydrogens (tertiary/aromatic N) is 1. The normalized spacial score (nSPS) is 16.5. The number of aliphatic hydroxyl groups is 1. The predicted molar refractivity (Wildman–Crippen MR) is 94.7 cm³/mol. The average Bonchev–Trinajstić information content (AvgIpc) is 3.01. The van der Waals surface area contributed by atoms with Crippen LogP contribution in [0.3, 0.4) is 0 Å². The van der Waals surface area contributed by atoms with Crippen molar-refractivity contribution in [3.63, 3.8) is 0 Å². The number of nitrogens with one attached hydrogen (secondary N) is 1. The van der Waals surface area contributed by atoms with E-state index in [1.165, 1.54) is 17.4 Å². The monoisotopic (exact) mass is 362 g/mol. The van der Waals surface area contributed by atoms with Gasteiger partial charge in [-0.25, -0.2) is 9.18 Å². The van der Waals surface area contributed by atoms with E-state index < -0.39 is 12.4 Å². The fourth-order valence-corrected chi connectivity index (χ4v) is 4.16. The van der Waals surface area contributed by atoms with Crippen LogP contribution in [0.2, 0.25) is 0 Å². The highest BCUT2D eigenvalue weighted by Crippen LogP contribution is 2.35. The molecule has 1 aliphatic rings. The number of ketones is 1. The maximum absolute atomic E-state index is 13.9. The highest BCUT2D eigenvalue weighted by Gasteiger charge is 2.29. The van der Waals surface area contributed by atoms with Gasteiger partial charge in [-0.2, -0.15) is 0 Å². The molecule has 0 spiro atoms. The van der Waals surface area contributed by atoms with Gasteiger partial charge in [-0.3, -0.25) is 4.79 Å². The van der Waals surface area contributed by atoms with Gasteiger partial charge in [-0.1, -0.05) is 13.0 Å². The lowest BCUT2D eigenvalue weighted by molar-refractivity contribution is 0.0908. The Balaban J connectivity index is 1.77. The Kier molecular flexibility index (Phi) is 4.87. The molecule has 1 unspecified atom stereocenters. The van der Waals surface area contributed by atoms with Crippen molar-refractivity contribution in [2.75, 3.05) is 18.5 Å². The number of carbonyl (C=O) groups excluding carboxylic acids is 2. The second-order valence-electron chi connectivity index (χ2n) is 6.27. The number of fused-ring (bicyclic) bond motifs is 1. The average molecular weight is 362 g/mol. The number of anilines is 1. The van der Waals surface area contributed by atoms with E-state index in [4.69, 9.17) is 5.11 Å². The van der Waals surface area contributed by atoms with Gasteiger partial charge < -0.3 is 15.3 Å². The Hall–Kier alpha value is -2.25. The lowest BCUT2D eigenvalue weighted by Gasteiger charge is -2.31. The number of Topliss-reactive ketones (excluding diaryl/α,β-unsaturated/α-hetero) is 1. The van der Waals surface area contributed by atoms with E-state index in [0.29, 0.717) is 18.0 Å². The van der Waals surface area contributed by atoms with E-state index in [1.54, 1.807) is 30.0 Å². The first-order valence-corrected chi connectivity index (χ1v) is 8.79. The van der Waals surface area contributed by atoms with Crippen LogP contribution in [-0.2, 0) is 6.54 Å². The summed E-state index contributed by atoms with van der Waals surface area (Å²) in [7, 11) is 0. The van der Waals surface area contributed by atoms with Gasteiger partial charge in [-0.15, -0.1) is 11.3 Å². The number of thiophene rings is 1. The molecule has 0 radical (unpaired) electrons. The van der Waals surface area contributed by atoms with E-state index in [0.717, 1.165) is 16.0 Å². The fraction of sp³-hybridized carbons (Fsp3) is 0.333. The molecule has 7 heteroatoms. The lowest BCUT2D eigenvalue weighted by Crippen LogP contribution is -2.39. The summed E-state index contributed by atoms with van der Waals surface area (Å²) in [5, 5.41) is 11.6. The number of amides is 2. The zero-order valence-electron chi connectivity index (χ0n) is 14.0. The first-order chi connectivity index (χ1) is 11.9. The van der Waals surface area contributed by atoms with Crippen LogP contribution in [0.5, 0.6) is 0 Å². The van der Waals surface area contributed by atoms with Gasteiger partial charge in [0.2, 0.25) is 0 Å². The maximum Gasteiger partial charge on any atom is 0.322 e. The van der Waals surface area contributed by atoms with E-state index in [-0.39, 0.29) is 23.4 Å². The van der Waals surface area contributed by atoms with Gasteiger partial charge in [0, 0.05) is 11.4 Å². The third-order valence-corrected chi connectivity index (χ3v) is 5.45. The van der Waals surface area contributed by atoms with Crippen LogP contribution in [0.1, 0.15) is 38.5 Å². The van der Waals surface area contributed by atoms with Crippen molar-refractivity contribution in [3.8, 4) is 0 Å². The lowest BCUT2D eigenvalue weighted by atomic mass is 9.97. The fourth-order valence-electron chi connectivity index (χ4n) is 2.94. The van der Waals surface area contributed by atoms with Gasteiger partial charge in [-0.05, 0) is 42.2 Å². The summed E-state index contributed by atoms with van der Waals surface area (Å²) in [5.74, 6) is -0.718. The number of aliphatic hydroxyl groups excluding tert-OH is 1. The summed E-state index contributed by atoms with van der Waals surface area (Å²) in [6.07, 6.45) is 0. The minimum Gasteiger partial charge on any atom is -0.388 e. The number of hydrogen-bond acceptors (Lipinski definition) is 4. The van der Waals surface area contributed by atoms with Crippen LogP contribution in [0, 0.1) is 12.7 Å². The summed E-state index contributed by atoms with van der Waals surface area (Å²) in [6.45, 7) is 4.08. The number of urea groups is 1. The van der Waals surface area contributed by atoms with Crippen LogP contribution in [0.25, 0.3) is 0 Å². The van der Waals surface area contributed by atoms with Crippen LogP contribution < -0.4 is 5.32 Å². The molecule has 3 rings (SSSR count). The summed E-state index contributed by atoms with van der Waals surface area (Å²) in [6, 6.07) is 6.09. The topological polar surface area (TPSA) is 69.6 Å². The molecule has 2 amide bonds. The van der Waals surface area contributed by atoms with Crippen LogP contribution in [0.4, 0.5) is 14.9 Å². The molecule has 2 aromatic rings.